The molecule has 5 heteroatoms. The monoisotopic (exact) mass is 369 g/mol. The molecule has 0 spiro atoms. The highest BCUT2D eigenvalue weighted by Gasteiger charge is 2.27. The normalized spacial score (nSPS) is 17.2. The highest BCUT2D eigenvalue weighted by molar-refractivity contribution is 5.96. The van der Waals surface area contributed by atoms with Gasteiger partial charge in [0.15, 0.2) is 5.76 Å². The van der Waals surface area contributed by atoms with Gasteiger partial charge in [0.2, 0.25) is 0 Å². The summed E-state index contributed by atoms with van der Waals surface area (Å²) in [4.78, 5) is 15.4. The Balaban J connectivity index is 1.75. The van der Waals surface area contributed by atoms with Crippen LogP contribution in [0.1, 0.15) is 72.9 Å². The van der Waals surface area contributed by atoms with Gasteiger partial charge in [-0.3, -0.25) is 9.69 Å². The van der Waals surface area contributed by atoms with Gasteiger partial charge in [-0.15, -0.1) is 0 Å². The quantitative estimate of drug-likeness (QED) is 0.824. The van der Waals surface area contributed by atoms with E-state index in [1.165, 1.54) is 18.4 Å². The van der Waals surface area contributed by atoms with Gasteiger partial charge in [0, 0.05) is 12.5 Å². The molecule has 1 fully saturated rings. The lowest BCUT2D eigenvalue weighted by Gasteiger charge is -2.37. The average Bonchev–Trinajstić information content (AvgIpc) is 3.06. The van der Waals surface area contributed by atoms with Gasteiger partial charge in [0.1, 0.15) is 5.56 Å². The van der Waals surface area contributed by atoms with Crippen LogP contribution in [0.2, 0.25) is 0 Å². The first-order chi connectivity index (χ1) is 13.0. The van der Waals surface area contributed by atoms with Crippen molar-refractivity contribution in [2.45, 2.75) is 52.5 Å². The molecule has 1 amide bonds. The molecule has 1 aliphatic rings. The van der Waals surface area contributed by atoms with E-state index in [1.807, 2.05) is 26.8 Å². The number of amides is 1. The zero-order valence-corrected chi connectivity index (χ0v) is 16.9. The van der Waals surface area contributed by atoms with E-state index in [2.05, 4.69) is 46.6 Å². The van der Waals surface area contributed by atoms with Crippen LogP contribution < -0.4 is 5.32 Å². The fourth-order valence-electron chi connectivity index (χ4n) is 3.81. The van der Waals surface area contributed by atoms with Gasteiger partial charge >= 0.3 is 0 Å². The number of likely N-dealkylation sites (tertiary alicyclic amines) is 1. The second-order valence-electron chi connectivity index (χ2n) is 8.02. The van der Waals surface area contributed by atoms with E-state index in [0.29, 0.717) is 23.6 Å². The minimum absolute atomic E-state index is 0.0937. The summed E-state index contributed by atoms with van der Waals surface area (Å²) in [5.41, 5.74) is 2.49. The van der Waals surface area contributed by atoms with Gasteiger partial charge in [-0.2, -0.15) is 0 Å². The van der Waals surface area contributed by atoms with Crippen LogP contribution in [0.25, 0.3) is 0 Å². The molecule has 1 aromatic carbocycles. The summed E-state index contributed by atoms with van der Waals surface area (Å²) in [6, 6.07) is 10.7. The molecule has 0 radical (unpaired) electrons. The molecule has 5 nitrogen and oxygen atoms in total. The third kappa shape index (κ3) is 4.59. The first-order valence-corrected chi connectivity index (χ1v) is 10.0. The van der Waals surface area contributed by atoms with Crippen molar-refractivity contribution in [2.75, 3.05) is 19.6 Å². The molecule has 1 aliphatic heterocycles. The van der Waals surface area contributed by atoms with Crippen molar-refractivity contribution in [2.24, 2.45) is 5.92 Å². The first kappa shape index (κ1) is 19.6. The number of hydrogen-bond donors (Lipinski definition) is 1. The number of nitrogens with one attached hydrogen (secondary N) is 1. The molecule has 146 valence electrons. The SMILES string of the molecule is Cc1noc(C(C)C)c1C(=O)NCC(c1ccccc1)N1CCC(C)CC1. The average molecular weight is 370 g/mol. The number of benzene rings is 1. The predicted molar refractivity (Wildman–Crippen MR) is 107 cm³/mol. The van der Waals surface area contributed by atoms with Crippen molar-refractivity contribution in [3.8, 4) is 0 Å². The Labute approximate surface area is 162 Å². The van der Waals surface area contributed by atoms with Gasteiger partial charge in [0.05, 0.1) is 11.7 Å². The number of aryl methyl sites for hydroxylation is 1. The van der Waals surface area contributed by atoms with Crippen molar-refractivity contribution in [3.05, 3.63) is 52.9 Å². The second kappa shape index (κ2) is 8.70. The minimum atomic E-state index is -0.0937. The molecule has 1 aromatic heterocycles. The van der Waals surface area contributed by atoms with Gasteiger partial charge < -0.3 is 9.84 Å². The third-order valence-corrected chi connectivity index (χ3v) is 5.54. The van der Waals surface area contributed by atoms with Crippen LogP contribution in [0.15, 0.2) is 34.9 Å². The van der Waals surface area contributed by atoms with E-state index >= 15 is 0 Å². The van der Waals surface area contributed by atoms with E-state index in [-0.39, 0.29) is 17.9 Å². The molecule has 1 unspecified atom stereocenters. The van der Waals surface area contributed by atoms with Gasteiger partial charge in [-0.05, 0) is 44.3 Å². The fourth-order valence-corrected chi connectivity index (χ4v) is 3.81. The third-order valence-electron chi connectivity index (χ3n) is 5.54. The van der Waals surface area contributed by atoms with Crippen LogP contribution in [0.5, 0.6) is 0 Å². The Hall–Kier alpha value is -2.14. The van der Waals surface area contributed by atoms with Crippen molar-refractivity contribution in [1.29, 1.82) is 0 Å². The van der Waals surface area contributed by atoms with Gasteiger partial charge in [-0.25, -0.2) is 0 Å². The van der Waals surface area contributed by atoms with Crippen LogP contribution in [-0.4, -0.2) is 35.6 Å². The van der Waals surface area contributed by atoms with E-state index in [4.69, 9.17) is 4.52 Å². The summed E-state index contributed by atoms with van der Waals surface area (Å²) in [6.45, 7) is 10.9. The molecular weight excluding hydrogens is 338 g/mol. The maximum atomic E-state index is 12.9. The molecule has 0 saturated carbocycles. The molecule has 0 bridgehead atoms. The topological polar surface area (TPSA) is 58.4 Å². The lowest BCUT2D eigenvalue weighted by molar-refractivity contribution is 0.0910. The molecule has 1 N–H and O–H groups in total. The van der Waals surface area contributed by atoms with E-state index < -0.39 is 0 Å². The number of piperidine rings is 1. The Bertz CT molecular complexity index is 746. The number of carbonyl (C=O) groups is 1. The Morgan fingerprint density at radius 1 is 1.26 bits per heavy atom. The van der Waals surface area contributed by atoms with Crippen LogP contribution in [-0.2, 0) is 0 Å². The standard InChI is InChI=1S/C22H31N3O2/c1-15(2)21-20(17(4)24-27-21)22(26)23-14-19(18-8-6-5-7-9-18)25-12-10-16(3)11-13-25/h5-9,15-16,19H,10-14H2,1-4H3,(H,23,26). The summed E-state index contributed by atoms with van der Waals surface area (Å²) in [7, 11) is 0. The van der Waals surface area contributed by atoms with Crippen molar-refractivity contribution >= 4 is 5.91 Å². The summed E-state index contributed by atoms with van der Waals surface area (Å²) in [6.07, 6.45) is 2.42. The molecular formula is C22H31N3O2. The largest absolute Gasteiger partial charge is 0.360 e. The summed E-state index contributed by atoms with van der Waals surface area (Å²) >= 11 is 0. The molecule has 1 saturated heterocycles. The number of nitrogens with zero attached hydrogens (tertiary/aromatic N) is 2. The molecule has 2 aromatic rings. The summed E-state index contributed by atoms with van der Waals surface area (Å²) in [5, 5.41) is 7.14. The smallest absolute Gasteiger partial charge is 0.256 e. The zero-order chi connectivity index (χ0) is 19.4. The van der Waals surface area contributed by atoms with Crippen molar-refractivity contribution < 1.29 is 9.32 Å². The van der Waals surface area contributed by atoms with Crippen molar-refractivity contribution in [3.63, 3.8) is 0 Å². The van der Waals surface area contributed by atoms with Crippen LogP contribution in [0, 0.1) is 12.8 Å². The van der Waals surface area contributed by atoms with E-state index in [0.717, 1.165) is 19.0 Å². The number of rotatable bonds is 6. The Morgan fingerprint density at radius 2 is 1.93 bits per heavy atom. The van der Waals surface area contributed by atoms with E-state index in [1.54, 1.807) is 0 Å². The number of aromatic nitrogens is 1. The zero-order valence-electron chi connectivity index (χ0n) is 16.9. The van der Waals surface area contributed by atoms with Crippen LogP contribution in [0.3, 0.4) is 0 Å². The van der Waals surface area contributed by atoms with Crippen LogP contribution >= 0.6 is 0 Å². The molecule has 0 aliphatic carbocycles. The summed E-state index contributed by atoms with van der Waals surface area (Å²) in [5.74, 6) is 1.47. The van der Waals surface area contributed by atoms with Crippen LogP contribution in [0.4, 0.5) is 0 Å². The lowest BCUT2D eigenvalue weighted by atomic mass is 9.95. The molecule has 27 heavy (non-hydrogen) atoms. The second-order valence-corrected chi connectivity index (χ2v) is 8.02. The highest BCUT2D eigenvalue weighted by Crippen LogP contribution is 2.27. The molecule has 2 heterocycles. The Morgan fingerprint density at radius 3 is 2.56 bits per heavy atom. The summed E-state index contributed by atoms with van der Waals surface area (Å²) < 4.78 is 5.38. The molecule has 1 atom stereocenters. The van der Waals surface area contributed by atoms with Gasteiger partial charge in [0.25, 0.3) is 5.91 Å². The maximum absolute atomic E-state index is 12.9. The molecule has 3 rings (SSSR count). The maximum Gasteiger partial charge on any atom is 0.256 e. The number of carbonyl (C=O) groups excluding carboxylic acids is 1. The first-order valence-electron chi connectivity index (χ1n) is 10.0. The number of hydrogen-bond acceptors (Lipinski definition) is 4. The minimum Gasteiger partial charge on any atom is -0.360 e. The van der Waals surface area contributed by atoms with Gasteiger partial charge in [-0.1, -0.05) is 56.3 Å². The fraction of sp³-hybridized carbons (Fsp3) is 0.545. The highest BCUT2D eigenvalue weighted by atomic mass is 16.5. The Kier molecular flexibility index (Phi) is 6.32. The van der Waals surface area contributed by atoms with Crippen molar-refractivity contribution in [1.82, 2.24) is 15.4 Å². The van der Waals surface area contributed by atoms with E-state index in [9.17, 15) is 4.79 Å². The predicted octanol–water partition coefficient (Wildman–Crippen LogP) is 4.31. The lowest BCUT2D eigenvalue weighted by Crippen LogP contribution is -2.42.